The monoisotopic (exact) mass is 248 g/mol. The number of hydrogen-bond donors (Lipinski definition) is 0. The van der Waals surface area contributed by atoms with Gasteiger partial charge >= 0.3 is 0 Å². The van der Waals surface area contributed by atoms with Crippen LogP contribution in [0.4, 0.5) is 0 Å². The molecule has 0 radical (unpaired) electrons. The van der Waals surface area contributed by atoms with Crippen LogP contribution in [0.15, 0.2) is 33.5 Å². The highest BCUT2D eigenvalue weighted by Gasteiger charge is 2.01. The molecule has 0 aromatic heterocycles. The molecule has 18 heavy (non-hydrogen) atoms. The van der Waals surface area contributed by atoms with E-state index in [1.165, 1.54) is 31.3 Å². The van der Waals surface area contributed by atoms with Crippen molar-refractivity contribution in [3.8, 4) is 0 Å². The first-order chi connectivity index (χ1) is 8.49. The van der Waals surface area contributed by atoms with Gasteiger partial charge in [0, 0.05) is 11.9 Å². The highest BCUT2D eigenvalue weighted by atomic mass is 14.8. The number of rotatable bonds is 8. The van der Waals surface area contributed by atoms with Crippen LogP contribution in [0.1, 0.15) is 66.7 Å². The molecule has 0 N–H and O–H groups in total. The molecule has 0 aliphatic heterocycles. The SMILES string of the molecule is C=C(C)/N=C(/C)C(/N=C\CCCCCC)=C(C)C. The van der Waals surface area contributed by atoms with E-state index in [0.29, 0.717) is 0 Å². The van der Waals surface area contributed by atoms with Crippen LogP contribution in [-0.2, 0) is 0 Å². The second kappa shape index (κ2) is 9.81. The van der Waals surface area contributed by atoms with Crippen molar-refractivity contribution in [3.63, 3.8) is 0 Å². The Bertz CT molecular complexity index is 342. The molecule has 102 valence electrons. The predicted molar refractivity (Wildman–Crippen MR) is 83.5 cm³/mol. The summed E-state index contributed by atoms with van der Waals surface area (Å²) in [7, 11) is 0. The van der Waals surface area contributed by atoms with Gasteiger partial charge in [-0.25, -0.2) is 0 Å². The fourth-order valence-electron chi connectivity index (χ4n) is 1.74. The van der Waals surface area contributed by atoms with Crippen LogP contribution in [-0.4, -0.2) is 11.9 Å². The summed E-state index contributed by atoms with van der Waals surface area (Å²) in [5, 5.41) is 0. The van der Waals surface area contributed by atoms with Crippen molar-refractivity contribution in [1.82, 2.24) is 0 Å². The molecule has 0 saturated carbocycles. The molecule has 0 saturated heterocycles. The first-order valence-electron chi connectivity index (χ1n) is 6.90. The van der Waals surface area contributed by atoms with Crippen LogP contribution >= 0.6 is 0 Å². The standard InChI is InChI=1S/C16H28N2/c1-7-8-9-10-11-12-17-16(13(2)3)15(6)18-14(4)5/h12H,4,7-11H2,1-3,5-6H3/b17-12-,18-15-. The van der Waals surface area contributed by atoms with Gasteiger partial charge < -0.3 is 0 Å². The molecule has 0 unspecified atom stereocenters. The maximum atomic E-state index is 4.56. The summed E-state index contributed by atoms with van der Waals surface area (Å²) < 4.78 is 0. The van der Waals surface area contributed by atoms with Crippen molar-refractivity contribution in [2.75, 3.05) is 0 Å². The summed E-state index contributed by atoms with van der Waals surface area (Å²) in [6.45, 7) is 14.1. The van der Waals surface area contributed by atoms with E-state index in [2.05, 4.69) is 37.3 Å². The van der Waals surface area contributed by atoms with E-state index in [9.17, 15) is 0 Å². The van der Waals surface area contributed by atoms with E-state index in [4.69, 9.17) is 0 Å². The molecular formula is C16H28N2. The third-order valence-electron chi connectivity index (χ3n) is 2.58. The largest absolute Gasteiger partial charge is 0.259 e. The summed E-state index contributed by atoms with van der Waals surface area (Å²) in [4.78, 5) is 8.93. The second-order valence-corrected chi connectivity index (χ2v) is 4.94. The van der Waals surface area contributed by atoms with Gasteiger partial charge in [0.1, 0.15) is 0 Å². The van der Waals surface area contributed by atoms with Crippen LogP contribution < -0.4 is 0 Å². The molecule has 0 fully saturated rings. The highest BCUT2D eigenvalue weighted by Crippen LogP contribution is 2.10. The van der Waals surface area contributed by atoms with Gasteiger partial charge in [-0.15, -0.1) is 0 Å². The summed E-state index contributed by atoms with van der Waals surface area (Å²) in [5.41, 5.74) is 3.97. The van der Waals surface area contributed by atoms with Crippen LogP contribution in [0.2, 0.25) is 0 Å². The predicted octanol–water partition coefficient (Wildman–Crippen LogP) is 5.32. The molecule has 2 heteroatoms. The lowest BCUT2D eigenvalue weighted by molar-refractivity contribution is 0.685. The Hall–Kier alpha value is -1.18. The van der Waals surface area contributed by atoms with Crippen LogP contribution in [0.5, 0.6) is 0 Å². The normalized spacial score (nSPS) is 11.9. The van der Waals surface area contributed by atoms with E-state index in [1.54, 1.807) is 0 Å². The van der Waals surface area contributed by atoms with E-state index in [1.807, 2.05) is 20.1 Å². The van der Waals surface area contributed by atoms with E-state index < -0.39 is 0 Å². The Balaban J connectivity index is 4.44. The van der Waals surface area contributed by atoms with Crippen molar-refractivity contribution in [2.45, 2.75) is 66.7 Å². The zero-order valence-electron chi connectivity index (χ0n) is 12.7. The van der Waals surface area contributed by atoms with Crippen molar-refractivity contribution >= 4 is 11.9 Å². The summed E-state index contributed by atoms with van der Waals surface area (Å²) in [6.07, 6.45) is 8.20. The molecule has 2 nitrogen and oxygen atoms in total. The molecule has 0 spiro atoms. The fraction of sp³-hybridized carbons (Fsp3) is 0.625. The highest BCUT2D eigenvalue weighted by molar-refractivity contribution is 6.00. The molecule has 0 rings (SSSR count). The van der Waals surface area contributed by atoms with Crippen LogP contribution in [0.3, 0.4) is 0 Å². The third kappa shape index (κ3) is 7.99. The first kappa shape index (κ1) is 16.8. The van der Waals surface area contributed by atoms with Gasteiger partial charge in [0.25, 0.3) is 0 Å². The molecule has 0 aromatic rings. The molecule has 0 heterocycles. The van der Waals surface area contributed by atoms with Gasteiger partial charge in [0.2, 0.25) is 0 Å². The minimum Gasteiger partial charge on any atom is -0.259 e. The van der Waals surface area contributed by atoms with Crippen molar-refractivity contribution in [1.29, 1.82) is 0 Å². The maximum absolute atomic E-state index is 4.56. The van der Waals surface area contributed by atoms with Gasteiger partial charge in [0.05, 0.1) is 11.4 Å². The lowest BCUT2D eigenvalue weighted by Gasteiger charge is -2.04. The Morgan fingerprint density at radius 3 is 2.22 bits per heavy atom. The number of aliphatic imine (C=N–C) groups is 2. The Morgan fingerprint density at radius 1 is 1.06 bits per heavy atom. The zero-order valence-corrected chi connectivity index (χ0v) is 12.7. The fourth-order valence-corrected chi connectivity index (χ4v) is 1.74. The zero-order chi connectivity index (χ0) is 14.0. The van der Waals surface area contributed by atoms with E-state index in [0.717, 1.165) is 23.5 Å². The maximum Gasteiger partial charge on any atom is 0.0824 e. The minimum absolute atomic E-state index is 0.824. The second-order valence-electron chi connectivity index (χ2n) is 4.94. The molecule has 0 aliphatic rings. The van der Waals surface area contributed by atoms with Gasteiger partial charge in [-0.3, -0.25) is 9.98 Å². The van der Waals surface area contributed by atoms with Crippen molar-refractivity contribution < 1.29 is 0 Å². The van der Waals surface area contributed by atoms with E-state index in [-0.39, 0.29) is 0 Å². The summed E-state index contributed by atoms with van der Waals surface area (Å²) in [6, 6.07) is 0. The van der Waals surface area contributed by atoms with Gasteiger partial charge in [-0.1, -0.05) is 32.8 Å². The van der Waals surface area contributed by atoms with Gasteiger partial charge in [-0.2, -0.15) is 0 Å². The Morgan fingerprint density at radius 2 is 1.72 bits per heavy atom. The van der Waals surface area contributed by atoms with Gasteiger partial charge in [0.15, 0.2) is 0 Å². The van der Waals surface area contributed by atoms with E-state index >= 15 is 0 Å². The smallest absolute Gasteiger partial charge is 0.0824 e. The molecule has 0 amide bonds. The Labute approximate surface area is 113 Å². The average Bonchev–Trinajstić information content (AvgIpc) is 2.26. The average molecular weight is 248 g/mol. The molecular weight excluding hydrogens is 220 g/mol. The summed E-state index contributed by atoms with van der Waals surface area (Å²) >= 11 is 0. The number of nitrogens with zero attached hydrogens (tertiary/aromatic N) is 2. The topological polar surface area (TPSA) is 24.7 Å². The number of unbranched alkanes of at least 4 members (excludes halogenated alkanes) is 4. The molecule has 0 aromatic carbocycles. The minimum atomic E-state index is 0.824. The molecule has 0 bridgehead atoms. The lowest BCUT2D eigenvalue weighted by Crippen LogP contribution is -1.98. The molecule has 0 aliphatic carbocycles. The number of hydrogen-bond acceptors (Lipinski definition) is 2. The quantitative estimate of drug-likeness (QED) is 0.410. The van der Waals surface area contributed by atoms with Crippen LogP contribution in [0.25, 0.3) is 0 Å². The van der Waals surface area contributed by atoms with Crippen molar-refractivity contribution in [3.05, 3.63) is 23.5 Å². The summed E-state index contributed by atoms with van der Waals surface area (Å²) in [5.74, 6) is 0. The Kier molecular flexibility index (Phi) is 9.17. The van der Waals surface area contributed by atoms with Crippen molar-refractivity contribution in [2.24, 2.45) is 9.98 Å². The number of allylic oxidation sites excluding steroid dienone is 3. The third-order valence-corrected chi connectivity index (χ3v) is 2.58. The molecule has 0 atom stereocenters. The lowest BCUT2D eigenvalue weighted by atomic mass is 10.1. The van der Waals surface area contributed by atoms with Gasteiger partial charge in [-0.05, 0) is 46.1 Å². The first-order valence-corrected chi connectivity index (χ1v) is 6.90. The van der Waals surface area contributed by atoms with Crippen LogP contribution in [0, 0.1) is 0 Å².